The van der Waals surface area contributed by atoms with E-state index in [0.717, 1.165) is 9.44 Å². The summed E-state index contributed by atoms with van der Waals surface area (Å²) in [6, 6.07) is 16.9. The maximum Gasteiger partial charge on any atom is 0.337 e. The highest BCUT2D eigenvalue weighted by Crippen LogP contribution is 2.22. The van der Waals surface area contributed by atoms with E-state index in [9.17, 15) is 19.2 Å². The third kappa shape index (κ3) is 3.97. The van der Waals surface area contributed by atoms with Crippen LogP contribution in [0.2, 0.25) is 0 Å². The third-order valence-electron chi connectivity index (χ3n) is 4.83. The SMILES string of the molecule is CC(=O)c1ccc(NC(=O)Cn2c(=O)n(-c3ccccc3)c(=O)c3cc(C)sc32)cc1. The Kier molecular flexibility index (Phi) is 5.39. The fourth-order valence-corrected chi connectivity index (χ4v) is 4.34. The average Bonchev–Trinajstić information content (AvgIpc) is 3.14. The van der Waals surface area contributed by atoms with Gasteiger partial charge in [-0.1, -0.05) is 18.2 Å². The predicted octanol–water partition coefficient (Wildman–Crippen LogP) is 3.36. The van der Waals surface area contributed by atoms with Gasteiger partial charge in [0.15, 0.2) is 5.78 Å². The molecule has 0 unspecified atom stereocenters. The minimum Gasteiger partial charge on any atom is -0.325 e. The molecule has 0 aliphatic heterocycles. The molecule has 0 fully saturated rings. The van der Waals surface area contributed by atoms with E-state index < -0.39 is 17.2 Å². The van der Waals surface area contributed by atoms with E-state index in [-0.39, 0.29) is 12.3 Å². The molecule has 0 spiro atoms. The molecule has 0 atom stereocenters. The van der Waals surface area contributed by atoms with Crippen LogP contribution >= 0.6 is 11.3 Å². The van der Waals surface area contributed by atoms with Gasteiger partial charge in [0.1, 0.15) is 11.4 Å². The quantitative estimate of drug-likeness (QED) is 0.489. The summed E-state index contributed by atoms with van der Waals surface area (Å²) in [4.78, 5) is 51.7. The van der Waals surface area contributed by atoms with Crippen LogP contribution in [0.5, 0.6) is 0 Å². The lowest BCUT2D eigenvalue weighted by molar-refractivity contribution is -0.116. The Morgan fingerprint density at radius 1 is 1.00 bits per heavy atom. The first-order valence-electron chi connectivity index (χ1n) is 9.57. The number of aromatic nitrogens is 2. The van der Waals surface area contributed by atoms with Gasteiger partial charge in [-0.25, -0.2) is 9.36 Å². The van der Waals surface area contributed by atoms with Crippen LogP contribution in [-0.2, 0) is 11.3 Å². The summed E-state index contributed by atoms with van der Waals surface area (Å²) in [5.41, 5.74) is 0.509. The predicted molar refractivity (Wildman–Crippen MR) is 121 cm³/mol. The molecule has 0 aliphatic carbocycles. The molecule has 31 heavy (non-hydrogen) atoms. The number of anilines is 1. The van der Waals surface area contributed by atoms with Crippen molar-refractivity contribution in [3.05, 3.63) is 91.9 Å². The number of carbonyl (C=O) groups is 2. The topological polar surface area (TPSA) is 90.2 Å². The number of carbonyl (C=O) groups excluding carboxylic acids is 2. The number of rotatable bonds is 5. The zero-order valence-electron chi connectivity index (χ0n) is 16.9. The molecule has 2 aromatic heterocycles. The maximum absolute atomic E-state index is 13.2. The minimum absolute atomic E-state index is 0.0666. The summed E-state index contributed by atoms with van der Waals surface area (Å²) in [5.74, 6) is -0.480. The van der Waals surface area contributed by atoms with Crippen molar-refractivity contribution in [1.82, 2.24) is 9.13 Å². The summed E-state index contributed by atoms with van der Waals surface area (Å²) in [5, 5.41) is 3.13. The lowest BCUT2D eigenvalue weighted by Gasteiger charge is -2.12. The molecular weight excluding hydrogens is 414 g/mol. The monoisotopic (exact) mass is 433 g/mol. The van der Waals surface area contributed by atoms with Crippen LogP contribution in [0.25, 0.3) is 15.9 Å². The zero-order chi connectivity index (χ0) is 22.1. The van der Waals surface area contributed by atoms with Gasteiger partial charge in [-0.15, -0.1) is 11.3 Å². The van der Waals surface area contributed by atoms with Crippen molar-refractivity contribution in [2.24, 2.45) is 0 Å². The van der Waals surface area contributed by atoms with Crippen molar-refractivity contribution in [3.8, 4) is 5.69 Å². The second-order valence-electron chi connectivity index (χ2n) is 7.10. The van der Waals surface area contributed by atoms with Gasteiger partial charge in [0, 0.05) is 16.1 Å². The van der Waals surface area contributed by atoms with E-state index in [1.165, 1.54) is 22.8 Å². The van der Waals surface area contributed by atoms with Gasteiger partial charge in [0.05, 0.1) is 11.1 Å². The molecule has 2 heterocycles. The summed E-state index contributed by atoms with van der Waals surface area (Å²) < 4.78 is 2.41. The van der Waals surface area contributed by atoms with Crippen LogP contribution in [0, 0.1) is 6.92 Å². The number of Topliss-reactive ketones (excluding diaryl/α,β-unsaturated/α-hetero) is 1. The first-order valence-corrected chi connectivity index (χ1v) is 10.4. The number of benzene rings is 2. The fraction of sp³-hybridized carbons (Fsp3) is 0.130. The number of nitrogens with zero attached hydrogens (tertiary/aromatic N) is 2. The molecule has 4 rings (SSSR count). The number of hydrogen-bond acceptors (Lipinski definition) is 5. The van der Waals surface area contributed by atoms with Gasteiger partial charge < -0.3 is 5.32 Å². The van der Waals surface area contributed by atoms with Gasteiger partial charge in [0.25, 0.3) is 5.56 Å². The molecule has 0 radical (unpaired) electrons. The number of aryl methyl sites for hydroxylation is 1. The molecule has 7 nitrogen and oxygen atoms in total. The summed E-state index contributed by atoms with van der Waals surface area (Å²) in [6.07, 6.45) is 0. The number of para-hydroxylation sites is 1. The van der Waals surface area contributed by atoms with Gasteiger partial charge >= 0.3 is 5.69 Å². The van der Waals surface area contributed by atoms with E-state index in [1.807, 2.05) is 6.92 Å². The van der Waals surface area contributed by atoms with Gasteiger partial charge in [-0.05, 0) is 56.3 Å². The largest absolute Gasteiger partial charge is 0.337 e. The van der Waals surface area contributed by atoms with Crippen molar-refractivity contribution in [2.75, 3.05) is 5.32 Å². The minimum atomic E-state index is -0.576. The van der Waals surface area contributed by atoms with Gasteiger partial charge in [-0.3, -0.25) is 19.0 Å². The Hall–Kier alpha value is -3.78. The number of ketones is 1. The lowest BCUT2D eigenvalue weighted by Crippen LogP contribution is -2.40. The third-order valence-corrected chi connectivity index (χ3v) is 5.90. The van der Waals surface area contributed by atoms with Crippen LogP contribution in [0.15, 0.2) is 70.3 Å². The average molecular weight is 433 g/mol. The van der Waals surface area contributed by atoms with Crippen LogP contribution in [0.4, 0.5) is 5.69 Å². The van der Waals surface area contributed by atoms with E-state index in [0.29, 0.717) is 27.2 Å². The smallest absolute Gasteiger partial charge is 0.325 e. The van der Waals surface area contributed by atoms with E-state index in [2.05, 4.69) is 5.32 Å². The highest BCUT2D eigenvalue weighted by molar-refractivity contribution is 7.18. The molecule has 4 aromatic rings. The molecule has 0 bridgehead atoms. The maximum atomic E-state index is 13.2. The van der Waals surface area contributed by atoms with Crippen molar-refractivity contribution >= 4 is 38.9 Å². The van der Waals surface area contributed by atoms with Crippen molar-refractivity contribution < 1.29 is 9.59 Å². The summed E-state index contributed by atoms with van der Waals surface area (Å²) in [7, 11) is 0. The normalized spacial score (nSPS) is 10.9. The molecule has 0 aliphatic rings. The first kappa shape index (κ1) is 20.5. The molecule has 1 amide bonds. The van der Waals surface area contributed by atoms with E-state index in [4.69, 9.17) is 0 Å². The highest BCUT2D eigenvalue weighted by Gasteiger charge is 2.18. The molecular formula is C23H19N3O4S. The zero-order valence-corrected chi connectivity index (χ0v) is 17.7. The molecule has 156 valence electrons. The number of nitrogens with one attached hydrogen (secondary N) is 1. The van der Waals surface area contributed by atoms with Crippen LogP contribution < -0.4 is 16.6 Å². The Morgan fingerprint density at radius 2 is 1.68 bits per heavy atom. The van der Waals surface area contributed by atoms with Gasteiger partial charge in [0.2, 0.25) is 5.91 Å². The Labute approximate surface area is 181 Å². The number of fused-ring (bicyclic) bond motifs is 1. The lowest BCUT2D eigenvalue weighted by atomic mass is 10.1. The summed E-state index contributed by atoms with van der Waals surface area (Å²) >= 11 is 1.30. The Bertz CT molecular complexity index is 1410. The number of thiophene rings is 1. The Morgan fingerprint density at radius 3 is 2.32 bits per heavy atom. The first-order chi connectivity index (χ1) is 14.8. The molecule has 0 saturated heterocycles. The molecule has 8 heteroatoms. The van der Waals surface area contributed by atoms with E-state index in [1.54, 1.807) is 60.7 Å². The van der Waals surface area contributed by atoms with Crippen LogP contribution in [0.1, 0.15) is 22.2 Å². The van der Waals surface area contributed by atoms with E-state index >= 15 is 0 Å². The second-order valence-corrected chi connectivity index (χ2v) is 8.34. The van der Waals surface area contributed by atoms with Crippen LogP contribution in [-0.4, -0.2) is 20.8 Å². The van der Waals surface area contributed by atoms with Crippen molar-refractivity contribution in [2.45, 2.75) is 20.4 Å². The van der Waals surface area contributed by atoms with Crippen molar-refractivity contribution in [1.29, 1.82) is 0 Å². The Balaban J connectivity index is 1.75. The molecule has 1 N–H and O–H groups in total. The number of hydrogen-bond donors (Lipinski definition) is 1. The van der Waals surface area contributed by atoms with Gasteiger partial charge in [-0.2, -0.15) is 0 Å². The molecule has 2 aromatic carbocycles. The second kappa shape index (κ2) is 8.16. The molecule has 0 saturated carbocycles. The van der Waals surface area contributed by atoms with Crippen molar-refractivity contribution in [3.63, 3.8) is 0 Å². The summed E-state index contributed by atoms with van der Waals surface area (Å²) in [6.45, 7) is 3.06. The van der Waals surface area contributed by atoms with Crippen LogP contribution in [0.3, 0.4) is 0 Å². The standard InChI is InChI=1S/C23H19N3O4S/c1-14-12-19-21(29)26(18-6-4-3-5-7-18)23(30)25(22(19)31-14)13-20(28)24-17-10-8-16(9-11-17)15(2)27/h3-12H,13H2,1-2H3,(H,24,28). The number of amides is 1. The fourth-order valence-electron chi connectivity index (χ4n) is 3.35. The highest BCUT2D eigenvalue weighted by atomic mass is 32.1.